The number of nitrogens with one attached hydrogen (secondary N) is 1. The molecule has 0 saturated carbocycles. The van der Waals surface area contributed by atoms with Crippen LogP contribution in [0.4, 0.5) is 5.69 Å². The number of anilines is 1. The number of amides is 2. The summed E-state index contributed by atoms with van der Waals surface area (Å²) in [6.07, 6.45) is 0.915. The number of hydrogen-bond donors (Lipinski definition) is 1. The Morgan fingerprint density at radius 3 is 2.24 bits per heavy atom. The van der Waals surface area contributed by atoms with Crippen molar-refractivity contribution in [2.45, 2.75) is 33.7 Å². The van der Waals surface area contributed by atoms with Crippen LogP contribution in [0.15, 0.2) is 78.5 Å². The van der Waals surface area contributed by atoms with Crippen LogP contribution in [0.1, 0.15) is 35.6 Å². The molecule has 0 aromatic heterocycles. The van der Waals surface area contributed by atoms with Gasteiger partial charge >= 0.3 is 0 Å². The van der Waals surface area contributed by atoms with Crippen molar-refractivity contribution in [2.24, 2.45) is 0 Å². The van der Waals surface area contributed by atoms with Gasteiger partial charge in [0.25, 0.3) is 11.8 Å². The van der Waals surface area contributed by atoms with Gasteiger partial charge in [0.05, 0.1) is 18.7 Å². The molecular weight excluding hydrogens is 412 g/mol. The molecule has 0 bridgehead atoms. The summed E-state index contributed by atoms with van der Waals surface area (Å²) in [5.41, 5.74) is 5.29. The first kappa shape index (κ1) is 22.3. The first-order valence-corrected chi connectivity index (χ1v) is 11.2. The molecular formula is C28H28N2O3. The molecule has 1 aliphatic heterocycles. The van der Waals surface area contributed by atoms with E-state index in [1.165, 1.54) is 4.90 Å². The molecule has 0 spiro atoms. The van der Waals surface area contributed by atoms with Crippen molar-refractivity contribution in [1.29, 1.82) is 0 Å². The summed E-state index contributed by atoms with van der Waals surface area (Å²) >= 11 is 0. The van der Waals surface area contributed by atoms with Crippen LogP contribution in [0, 0.1) is 13.8 Å². The summed E-state index contributed by atoms with van der Waals surface area (Å²) in [6.45, 7) is 6.96. The first-order valence-electron chi connectivity index (χ1n) is 11.2. The minimum absolute atomic E-state index is 0.220. The third-order valence-corrected chi connectivity index (χ3v) is 5.74. The van der Waals surface area contributed by atoms with Gasteiger partial charge in [-0.3, -0.25) is 14.5 Å². The zero-order chi connectivity index (χ0) is 23.4. The van der Waals surface area contributed by atoms with Crippen molar-refractivity contribution in [3.05, 3.63) is 101 Å². The molecule has 1 N–H and O–H groups in total. The molecule has 168 valence electrons. The largest absolute Gasteiger partial charge is 0.494 e. The number of nitrogens with zero attached hydrogens (tertiary/aromatic N) is 1. The van der Waals surface area contributed by atoms with E-state index in [9.17, 15) is 9.59 Å². The normalized spacial score (nSPS) is 13.6. The SMILES string of the molecule is CCCOc1ccc(C2=C(Nc3ccc(C)c(C)c3)C(=O)N(Cc3ccccc3)C2=O)cc1. The van der Waals surface area contributed by atoms with Gasteiger partial charge in [-0.25, -0.2) is 0 Å². The molecule has 3 aromatic rings. The fourth-order valence-corrected chi connectivity index (χ4v) is 3.77. The Kier molecular flexibility index (Phi) is 6.59. The van der Waals surface area contributed by atoms with E-state index in [0.29, 0.717) is 23.4 Å². The van der Waals surface area contributed by atoms with Gasteiger partial charge in [0.15, 0.2) is 0 Å². The van der Waals surface area contributed by atoms with Gasteiger partial charge in [-0.05, 0) is 66.8 Å². The predicted molar refractivity (Wildman–Crippen MR) is 131 cm³/mol. The average Bonchev–Trinajstić information content (AvgIpc) is 3.05. The predicted octanol–water partition coefficient (Wildman–Crippen LogP) is 5.48. The van der Waals surface area contributed by atoms with Crippen LogP contribution in [0.3, 0.4) is 0 Å². The number of ether oxygens (including phenoxy) is 1. The standard InChI is InChI=1S/C28H28N2O3/c1-4-16-33-24-14-11-22(12-15-24)25-26(29-23-13-10-19(2)20(3)17-23)28(32)30(27(25)31)18-21-8-6-5-7-9-21/h5-15,17,29H,4,16,18H2,1-3H3. The Hall–Kier alpha value is -3.86. The molecule has 0 unspecified atom stereocenters. The maximum absolute atomic E-state index is 13.5. The highest BCUT2D eigenvalue weighted by molar-refractivity contribution is 6.36. The van der Waals surface area contributed by atoms with Gasteiger partial charge in [0.2, 0.25) is 0 Å². The Bertz CT molecular complexity index is 1200. The zero-order valence-electron chi connectivity index (χ0n) is 19.2. The summed E-state index contributed by atoms with van der Waals surface area (Å²) < 4.78 is 5.67. The Labute approximate surface area is 194 Å². The van der Waals surface area contributed by atoms with Gasteiger partial charge in [0.1, 0.15) is 11.4 Å². The third-order valence-electron chi connectivity index (χ3n) is 5.74. The van der Waals surface area contributed by atoms with Crippen LogP contribution in [0.2, 0.25) is 0 Å². The minimum Gasteiger partial charge on any atom is -0.494 e. The van der Waals surface area contributed by atoms with E-state index in [-0.39, 0.29) is 18.4 Å². The van der Waals surface area contributed by atoms with Crippen LogP contribution >= 0.6 is 0 Å². The molecule has 4 rings (SSSR count). The van der Waals surface area contributed by atoms with Crippen molar-refractivity contribution in [3.8, 4) is 5.75 Å². The fourth-order valence-electron chi connectivity index (χ4n) is 3.77. The molecule has 2 amide bonds. The topological polar surface area (TPSA) is 58.6 Å². The molecule has 0 atom stereocenters. The molecule has 1 heterocycles. The van der Waals surface area contributed by atoms with Crippen molar-refractivity contribution in [2.75, 3.05) is 11.9 Å². The highest BCUT2D eigenvalue weighted by Crippen LogP contribution is 2.32. The summed E-state index contributed by atoms with van der Waals surface area (Å²) in [7, 11) is 0. The molecule has 5 heteroatoms. The lowest BCUT2D eigenvalue weighted by atomic mass is 10.0. The molecule has 0 fully saturated rings. The van der Waals surface area contributed by atoms with Crippen molar-refractivity contribution in [1.82, 2.24) is 4.90 Å². The summed E-state index contributed by atoms with van der Waals surface area (Å²) in [5.74, 6) is 0.101. The third kappa shape index (κ3) is 4.82. The first-order chi connectivity index (χ1) is 16.0. The van der Waals surface area contributed by atoms with E-state index in [1.54, 1.807) is 0 Å². The number of carbonyl (C=O) groups is 2. The van der Waals surface area contributed by atoms with Crippen LogP contribution in [-0.2, 0) is 16.1 Å². The lowest BCUT2D eigenvalue weighted by Gasteiger charge is -2.15. The van der Waals surface area contributed by atoms with E-state index < -0.39 is 0 Å². The molecule has 0 radical (unpaired) electrons. The Morgan fingerprint density at radius 1 is 0.848 bits per heavy atom. The second-order valence-electron chi connectivity index (χ2n) is 8.23. The van der Waals surface area contributed by atoms with Gasteiger partial charge in [-0.2, -0.15) is 0 Å². The quantitative estimate of drug-likeness (QED) is 0.471. The summed E-state index contributed by atoms with van der Waals surface area (Å²) in [6, 6.07) is 22.8. The average molecular weight is 441 g/mol. The summed E-state index contributed by atoms with van der Waals surface area (Å²) in [5, 5.41) is 3.24. The molecule has 0 saturated heterocycles. The number of benzene rings is 3. The smallest absolute Gasteiger partial charge is 0.278 e. The van der Waals surface area contributed by atoms with Gasteiger partial charge in [0, 0.05) is 5.69 Å². The van der Waals surface area contributed by atoms with Gasteiger partial charge in [-0.1, -0.05) is 55.5 Å². The maximum Gasteiger partial charge on any atom is 0.278 e. The van der Waals surface area contributed by atoms with Crippen molar-refractivity contribution >= 4 is 23.1 Å². The minimum atomic E-state index is -0.330. The highest BCUT2D eigenvalue weighted by Gasteiger charge is 2.39. The Balaban J connectivity index is 1.71. The van der Waals surface area contributed by atoms with Crippen molar-refractivity contribution < 1.29 is 14.3 Å². The number of carbonyl (C=O) groups excluding carboxylic acids is 2. The molecule has 33 heavy (non-hydrogen) atoms. The monoisotopic (exact) mass is 440 g/mol. The molecule has 0 aliphatic carbocycles. The maximum atomic E-state index is 13.5. The van der Waals surface area contributed by atoms with Crippen molar-refractivity contribution in [3.63, 3.8) is 0 Å². The van der Waals surface area contributed by atoms with Crippen LogP contribution in [-0.4, -0.2) is 23.3 Å². The van der Waals surface area contributed by atoms with Crippen LogP contribution in [0.25, 0.3) is 5.57 Å². The molecule has 3 aromatic carbocycles. The van der Waals surface area contributed by atoms with E-state index in [4.69, 9.17) is 4.74 Å². The summed E-state index contributed by atoms with van der Waals surface area (Å²) in [4.78, 5) is 28.2. The highest BCUT2D eigenvalue weighted by atomic mass is 16.5. The van der Waals surface area contributed by atoms with Gasteiger partial charge < -0.3 is 10.1 Å². The van der Waals surface area contributed by atoms with Crippen LogP contribution in [0.5, 0.6) is 5.75 Å². The van der Waals surface area contributed by atoms with E-state index >= 15 is 0 Å². The number of rotatable bonds is 8. The lowest BCUT2D eigenvalue weighted by Crippen LogP contribution is -2.32. The number of aryl methyl sites for hydroxylation is 2. The lowest BCUT2D eigenvalue weighted by molar-refractivity contribution is -0.137. The van der Waals surface area contributed by atoms with E-state index in [0.717, 1.165) is 34.5 Å². The second-order valence-corrected chi connectivity index (χ2v) is 8.23. The van der Waals surface area contributed by atoms with E-state index in [2.05, 4.69) is 5.32 Å². The van der Waals surface area contributed by atoms with Crippen LogP contribution < -0.4 is 10.1 Å². The second kappa shape index (κ2) is 9.74. The van der Waals surface area contributed by atoms with E-state index in [1.807, 2.05) is 93.6 Å². The fraction of sp³-hybridized carbons (Fsp3) is 0.214. The Morgan fingerprint density at radius 2 is 1.58 bits per heavy atom. The molecule has 1 aliphatic rings. The number of imide groups is 1. The zero-order valence-corrected chi connectivity index (χ0v) is 19.2. The molecule has 5 nitrogen and oxygen atoms in total. The van der Waals surface area contributed by atoms with Gasteiger partial charge in [-0.15, -0.1) is 0 Å². The number of hydrogen-bond acceptors (Lipinski definition) is 4.